The van der Waals surface area contributed by atoms with Crippen molar-refractivity contribution in [2.24, 2.45) is 0 Å². The van der Waals surface area contributed by atoms with Crippen molar-refractivity contribution in [3.05, 3.63) is 23.8 Å². The van der Waals surface area contributed by atoms with E-state index in [1.807, 2.05) is 26.8 Å². The van der Waals surface area contributed by atoms with Crippen LogP contribution >= 0.6 is 0 Å². The number of carbonyl (C=O) groups is 1. The van der Waals surface area contributed by atoms with Gasteiger partial charge in [-0.15, -0.1) is 0 Å². The van der Waals surface area contributed by atoms with E-state index in [9.17, 15) is 9.90 Å². The van der Waals surface area contributed by atoms with Crippen LogP contribution in [-0.2, 0) is 14.9 Å². The summed E-state index contributed by atoms with van der Waals surface area (Å²) in [5, 5.41) is 9.58. The maximum absolute atomic E-state index is 11.9. The Bertz CT molecular complexity index is 608. The Morgan fingerprint density at radius 2 is 2.22 bits per heavy atom. The normalized spacial score (nSPS) is 23.8. The van der Waals surface area contributed by atoms with E-state index in [4.69, 9.17) is 9.47 Å². The standard InChI is InChI=1S/C18H25NO4/c1-17(2,3)23-16(21)6-8-19-9-7-18(11-19)12-22-15-10-13(20)4-5-14(15)18/h4-5,10,20H,6-9,11-12H2,1-3H3. The van der Waals surface area contributed by atoms with Gasteiger partial charge in [-0.25, -0.2) is 0 Å². The second kappa shape index (κ2) is 5.71. The third-order valence-electron chi connectivity index (χ3n) is 4.53. The molecule has 1 aromatic carbocycles. The average molecular weight is 319 g/mol. The molecule has 23 heavy (non-hydrogen) atoms. The van der Waals surface area contributed by atoms with Crippen molar-refractivity contribution in [1.29, 1.82) is 0 Å². The number of esters is 1. The van der Waals surface area contributed by atoms with Crippen molar-refractivity contribution in [3.63, 3.8) is 0 Å². The van der Waals surface area contributed by atoms with E-state index in [0.717, 1.165) is 25.3 Å². The maximum Gasteiger partial charge on any atom is 0.307 e. The van der Waals surface area contributed by atoms with E-state index in [0.29, 0.717) is 19.6 Å². The predicted molar refractivity (Wildman–Crippen MR) is 86.8 cm³/mol. The number of phenolic OH excluding ortho intramolecular Hbond substituents is 1. The number of benzene rings is 1. The molecule has 0 aromatic heterocycles. The van der Waals surface area contributed by atoms with Crippen molar-refractivity contribution in [1.82, 2.24) is 4.90 Å². The topological polar surface area (TPSA) is 59.0 Å². The molecular formula is C18H25NO4. The van der Waals surface area contributed by atoms with Crippen LogP contribution in [0.4, 0.5) is 0 Å². The molecule has 1 spiro atoms. The minimum Gasteiger partial charge on any atom is -0.508 e. The smallest absolute Gasteiger partial charge is 0.307 e. The molecule has 1 N–H and O–H groups in total. The van der Waals surface area contributed by atoms with Gasteiger partial charge in [0, 0.05) is 30.1 Å². The summed E-state index contributed by atoms with van der Waals surface area (Å²) >= 11 is 0. The summed E-state index contributed by atoms with van der Waals surface area (Å²) in [7, 11) is 0. The number of aromatic hydroxyl groups is 1. The second-order valence-electron chi connectivity index (χ2n) is 7.61. The highest BCUT2D eigenvalue weighted by molar-refractivity contribution is 5.70. The molecule has 0 radical (unpaired) electrons. The van der Waals surface area contributed by atoms with E-state index in [1.54, 1.807) is 12.1 Å². The van der Waals surface area contributed by atoms with Gasteiger partial charge in [0.05, 0.1) is 13.0 Å². The van der Waals surface area contributed by atoms with Gasteiger partial charge in [-0.05, 0) is 39.8 Å². The summed E-state index contributed by atoms with van der Waals surface area (Å²) < 4.78 is 11.1. The fraction of sp³-hybridized carbons (Fsp3) is 0.611. The second-order valence-corrected chi connectivity index (χ2v) is 7.61. The lowest BCUT2D eigenvalue weighted by atomic mass is 9.82. The van der Waals surface area contributed by atoms with Gasteiger partial charge in [0.25, 0.3) is 0 Å². The van der Waals surface area contributed by atoms with Gasteiger partial charge in [0.2, 0.25) is 0 Å². The Labute approximate surface area is 137 Å². The van der Waals surface area contributed by atoms with Gasteiger partial charge in [0.1, 0.15) is 17.1 Å². The van der Waals surface area contributed by atoms with Gasteiger partial charge >= 0.3 is 5.97 Å². The minimum atomic E-state index is -0.427. The van der Waals surface area contributed by atoms with Gasteiger partial charge in [-0.2, -0.15) is 0 Å². The SMILES string of the molecule is CC(C)(C)OC(=O)CCN1CCC2(COc3cc(O)ccc32)C1. The predicted octanol–water partition coefficient (Wildman–Crippen LogP) is 2.46. The summed E-state index contributed by atoms with van der Waals surface area (Å²) in [6, 6.07) is 5.38. The van der Waals surface area contributed by atoms with E-state index in [1.165, 1.54) is 5.56 Å². The minimum absolute atomic E-state index is 0.00301. The van der Waals surface area contributed by atoms with Crippen LogP contribution in [0.3, 0.4) is 0 Å². The number of hydrogen-bond acceptors (Lipinski definition) is 5. The summed E-state index contributed by atoms with van der Waals surface area (Å²) in [6.07, 6.45) is 1.43. The fourth-order valence-electron chi connectivity index (χ4n) is 3.49. The van der Waals surface area contributed by atoms with Crippen molar-refractivity contribution in [2.45, 2.75) is 44.6 Å². The fourth-order valence-corrected chi connectivity index (χ4v) is 3.49. The average Bonchev–Trinajstić information content (AvgIpc) is 3.00. The van der Waals surface area contributed by atoms with Gasteiger partial charge in [-0.1, -0.05) is 6.07 Å². The quantitative estimate of drug-likeness (QED) is 0.867. The number of likely N-dealkylation sites (tertiary alicyclic amines) is 1. The Morgan fingerprint density at radius 1 is 1.43 bits per heavy atom. The largest absolute Gasteiger partial charge is 0.508 e. The summed E-state index contributed by atoms with van der Waals surface area (Å²) in [4.78, 5) is 14.2. The Kier molecular flexibility index (Phi) is 4.00. The molecule has 1 saturated heterocycles. The lowest BCUT2D eigenvalue weighted by molar-refractivity contribution is -0.155. The summed E-state index contributed by atoms with van der Waals surface area (Å²) in [6.45, 7) is 8.85. The van der Waals surface area contributed by atoms with E-state index >= 15 is 0 Å². The van der Waals surface area contributed by atoms with Crippen LogP contribution in [0.2, 0.25) is 0 Å². The first-order valence-corrected chi connectivity index (χ1v) is 8.18. The number of phenols is 1. The molecule has 1 unspecified atom stereocenters. The number of fused-ring (bicyclic) bond motifs is 2. The molecular weight excluding hydrogens is 294 g/mol. The zero-order chi connectivity index (χ0) is 16.7. The molecule has 3 rings (SSSR count). The number of rotatable bonds is 3. The lowest BCUT2D eigenvalue weighted by Gasteiger charge is -2.24. The first-order valence-electron chi connectivity index (χ1n) is 8.18. The molecule has 2 aliphatic rings. The molecule has 2 aliphatic heterocycles. The number of hydrogen-bond donors (Lipinski definition) is 1. The van der Waals surface area contributed by atoms with E-state index in [2.05, 4.69) is 4.90 Å². The van der Waals surface area contributed by atoms with Crippen LogP contribution in [0.15, 0.2) is 18.2 Å². The van der Waals surface area contributed by atoms with Crippen LogP contribution in [0.25, 0.3) is 0 Å². The Morgan fingerprint density at radius 3 is 2.96 bits per heavy atom. The van der Waals surface area contributed by atoms with Gasteiger partial charge < -0.3 is 19.5 Å². The summed E-state index contributed by atoms with van der Waals surface area (Å²) in [5.74, 6) is 0.881. The molecule has 0 saturated carbocycles. The highest BCUT2D eigenvalue weighted by Crippen LogP contribution is 2.45. The van der Waals surface area contributed by atoms with E-state index in [-0.39, 0.29) is 17.1 Å². The molecule has 0 aliphatic carbocycles. The molecule has 5 nitrogen and oxygen atoms in total. The van der Waals surface area contributed by atoms with Gasteiger partial charge in [-0.3, -0.25) is 4.79 Å². The first kappa shape index (κ1) is 16.1. The molecule has 0 amide bonds. The van der Waals surface area contributed by atoms with Crippen LogP contribution in [-0.4, -0.2) is 47.8 Å². The Hall–Kier alpha value is -1.75. The third-order valence-corrected chi connectivity index (χ3v) is 4.53. The highest BCUT2D eigenvalue weighted by atomic mass is 16.6. The lowest BCUT2D eigenvalue weighted by Crippen LogP contribution is -2.34. The zero-order valence-electron chi connectivity index (χ0n) is 14.1. The Balaban J connectivity index is 1.59. The summed E-state index contributed by atoms with van der Waals surface area (Å²) in [5.41, 5.74) is 0.746. The van der Waals surface area contributed by atoms with Crippen LogP contribution in [0, 0.1) is 0 Å². The van der Waals surface area contributed by atoms with Crippen molar-refractivity contribution in [2.75, 3.05) is 26.2 Å². The molecule has 0 bridgehead atoms. The monoisotopic (exact) mass is 319 g/mol. The molecule has 2 heterocycles. The van der Waals surface area contributed by atoms with E-state index < -0.39 is 5.60 Å². The first-order chi connectivity index (χ1) is 10.8. The van der Waals surface area contributed by atoms with Gasteiger partial charge in [0.15, 0.2) is 0 Å². The molecule has 126 valence electrons. The van der Waals surface area contributed by atoms with Crippen LogP contribution in [0.5, 0.6) is 11.5 Å². The van der Waals surface area contributed by atoms with Crippen LogP contribution in [0.1, 0.15) is 39.2 Å². The van der Waals surface area contributed by atoms with Crippen molar-refractivity contribution < 1.29 is 19.4 Å². The number of nitrogens with zero attached hydrogens (tertiary/aromatic N) is 1. The van der Waals surface area contributed by atoms with Crippen molar-refractivity contribution in [3.8, 4) is 11.5 Å². The molecule has 1 atom stereocenters. The molecule has 1 fully saturated rings. The highest BCUT2D eigenvalue weighted by Gasteiger charge is 2.45. The third kappa shape index (κ3) is 3.44. The van der Waals surface area contributed by atoms with Crippen molar-refractivity contribution >= 4 is 5.97 Å². The zero-order valence-corrected chi connectivity index (χ0v) is 14.1. The number of carbonyl (C=O) groups excluding carboxylic acids is 1. The number of ether oxygens (including phenoxy) is 2. The van der Waals surface area contributed by atoms with Crippen LogP contribution < -0.4 is 4.74 Å². The maximum atomic E-state index is 11.9. The molecule has 1 aromatic rings. The molecule has 5 heteroatoms.